The van der Waals surface area contributed by atoms with E-state index in [9.17, 15) is 14.4 Å². The van der Waals surface area contributed by atoms with Crippen LogP contribution in [0.1, 0.15) is 22.3 Å². The third kappa shape index (κ3) is 5.53. The molecule has 29 heavy (non-hydrogen) atoms. The Bertz CT molecular complexity index is 1020. The van der Waals surface area contributed by atoms with Crippen LogP contribution in [0.5, 0.6) is 0 Å². The van der Waals surface area contributed by atoms with Gasteiger partial charge in [-0.3, -0.25) is 14.5 Å². The molecular formula is C20H15BrN2O4S2. The summed E-state index contributed by atoms with van der Waals surface area (Å²) in [7, 11) is 0. The molecule has 0 saturated carbocycles. The van der Waals surface area contributed by atoms with Gasteiger partial charge in [-0.2, -0.15) is 0 Å². The first-order valence-electron chi connectivity index (χ1n) is 8.47. The number of amides is 2. The van der Waals surface area contributed by atoms with E-state index in [1.165, 1.54) is 40.9 Å². The molecule has 0 aromatic heterocycles. The maximum absolute atomic E-state index is 12.6. The van der Waals surface area contributed by atoms with Gasteiger partial charge in [0, 0.05) is 23.1 Å². The number of hydrogen-bond acceptors (Lipinski definition) is 5. The highest BCUT2D eigenvalue weighted by molar-refractivity contribution is 9.10. The zero-order valence-corrected chi connectivity index (χ0v) is 18.1. The zero-order valence-electron chi connectivity index (χ0n) is 14.9. The van der Waals surface area contributed by atoms with E-state index in [2.05, 4.69) is 21.2 Å². The van der Waals surface area contributed by atoms with E-state index in [1.54, 1.807) is 6.08 Å². The molecule has 1 heterocycles. The van der Waals surface area contributed by atoms with Crippen LogP contribution in [0.3, 0.4) is 0 Å². The predicted octanol–water partition coefficient (Wildman–Crippen LogP) is 4.38. The average molecular weight is 491 g/mol. The Morgan fingerprint density at radius 3 is 2.59 bits per heavy atom. The molecule has 0 bridgehead atoms. The number of halogens is 1. The van der Waals surface area contributed by atoms with Crippen molar-refractivity contribution in [2.75, 3.05) is 11.9 Å². The lowest BCUT2D eigenvalue weighted by atomic mass is 10.2. The number of anilines is 1. The first-order valence-corrected chi connectivity index (χ1v) is 10.5. The lowest BCUT2D eigenvalue weighted by Crippen LogP contribution is -2.31. The van der Waals surface area contributed by atoms with Gasteiger partial charge in [0.25, 0.3) is 5.91 Å². The number of thiocarbonyl (C=S) groups is 1. The molecule has 2 aromatic carbocycles. The highest BCUT2D eigenvalue weighted by Crippen LogP contribution is 2.33. The molecule has 148 valence electrons. The fourth-order valence-corrected chi connectivity index (χ4v) is 4.30. The van der Waals surface area contributed by atoms with Gasteiger partial charge in [0.15, 0.2) is 0 Å². The smallest absolute Gasteiger partial charge is 0.335 e. The van der Waals surface area contributed by atoms with Crippen LogP contribution in [0.4, 0.5) is 5.69 Å². The standard InChI is InChI=1S/C20H15BrN2O4S2/c21-14-3-1-2-12(10-14)11-16-18(25)23(20(28)29-16)9-8-17(24)22-15-6-4-13(5-7-15)19(26)27/h1-7,10-11H,8-9H2,(H,22,24)(H,26,27)/b16-11+. The lowest BCUT2D eigenvalue weighted by Gasteiger charge is -2.14. The van der Waals surface area contributed by atoms with E-state index >= 15 is 0 Å². The van der Waals surface area contributed by atoms with E-state index in [1.807, 2.05) is 24.3 Å². The molecule has 2 amide bonds. The van der Waals surface area contributed by atoms with E-state index in [4.69, 9.17) is 17.3 Å². The van der Waals surface area contributed by atoms with Gasteiger partial charge < -0.3 is 10.4 Å². The number of thioether (sulfide) groups is 1. The van der Waals surface area contributed by atoms with Crippen LogP contribution in [0.2, 0.25) is 0 Å². The number of carbonyl (C=O) groups is 3. The number of hydrogen-bond donors (Lipinski definition) is 2. The van der Waals surface area contributed by atoms with Gasteiger partial charge in [-0.25, -0.2) is 4.79 Å². The average Bonchev–Trinajstić information content (AvgIpc) is 2.93. The number of nitrogens with one attached hydrogen (secondary N) is 1. The number of benzene rings is 2. The first-order chi connectivity index (χ1) is 13.8. The largest absolute Gasteiger partial charge is 0.478 e. The summed E-state index contributed by atoms with van der Waals surface area (Å²) in [6.07, 6.45) is 1.84. The van der Waals surface area contributed by atoms with Crippen molar-refractivity contribution in [2.45, 2.75) is 6.42 Å². The number of rotatable bonds is 6. The van der Waals surface area contributed by atoms with Gasteiger partial charge in [-0.15, -0.1) is 0 Å². The number of aromatic carboxylic acids is 1. The number of carbonyl (C=O) groups excluding carboxylic acids is 2. The van der Waals surface area contributed by atoms with Gasteiger partial charge in [-0.05, 0) is 48.0 Å². The summed E-state index contributed by atoms with van der Waals surface area (Å²) >= 11 is 9.89. The summed E-state index contributed by atoms with van der Waals surface area (Å²) in [5.74, 6) is -1.55. The van der Waals surface area contributed by atoms with Crippen molar-refractivity contribution in [3.8, 4) is 0 Å². The van der Waals surface area contributed by atoms with Crippen LogP contribution in [0.15, 0.2) is 57.9 Å². The minimum absolute atomic E-state index is 0.0668. The Balaban J connectivity index is 1.58. The second-order valence-electron chi connectivity index (χ2n) is 6.07. The first kappa shape index (κ1) is 21.2. The monoisotopic (exact) mass is 490 g/mol. The van der Waals surface area contributed by atoms with Crippen molar-refractivity contribution in [3.63, 3.8) is 0 Å². The molecule has 1 aliphatic rings. The Hall–Kier alpha value is -2.49. The summed E-state index contributed by atoms with van der Waals surface area (Å²) in [5, 5.41) is 11.6. The second-order valence-corrected chi connectivity index (χ2v) is 8.66. The van der Waals surface area contributed by atoms with Crippen molar-refractivity contribution in [2.24, 2.45) is 0 Å². The van der Waals surface area contributed by atoms with Gasteiger partial charge in [-0.1, -0.05) is 52.0 Å². The fraction of sp³-hybridized carbons (Fsp3) is 0.100. The second kappa shape index (κ2) is 9.34. The molecule has 0 radical (unpaired) electrons. The Morgan fingerprint density at radius 1 is 1.21 bits per heavy atom. The lowest BCUT2D eigenvalue weighted by molar-refractivity contribution is -0.122. The summed E-state index contributed by atoms with van der Waals surface area (Å²) in [4.78, 5) is 37.6. The van der Waals surface area contributed by atoms with Crippen molar-refractivity contribution in [1.82, 2.24) is 4.90 Å². The van der Waals surface area contributed by atoms with E-state index in [-0.39, 0.29) is 30.3 Å². The molecule has 0 atom stereocenters. The molecule has 2 aromatic rings. The molecule has 1 saturated heterocycles. The van der Waals surface area contributed by atoms with Gasteiger partial charge in [0.2, 0.25) is 5.91 Å². The number of carboxylic acids is 1. The van der Waals surface area contributed by atoms with E-state index in [0.29, 0.717) is 14.9 Å². The van der Waals surface area contributed by atoms with E-state index in [0.717, 1.165) is 10.0 Å². The normalized spacial score (nSPS) is 15.1. The number of nitrogens with zero attached hydrogens (tertiary/aromatic N) is 1. The SMILES string of the molecule is O=C(CCN1C(=O)/C(=C\c2cccc(Br)c2)SC1=S)Nc1ccc(C(=O)O)cc1. The Morgan fingerprint density at radius 2 is 1.93 bits per heavy atom. The fourth-order valence-electron chi connectivity index (χ4n) is 2.57. The molecule has 0 aliphatic carbocycles. The third-order valence-corrected chi connectivity index (χ3v) is 5.87. The maximum atomic E-state index is 12.6. The van der Waals surface area contributed by atoms with Crippen LogP contribution in [-0.4, -0.2) is 38.7 Å². The highest BCUT2D eigenvalue weighted by atomic mass is 79.9. The van der Waals surface area contributed by atoms with E-state index < -0.39 is 5.97 Å². The molecule has 0 spiro atoms. The number of carboxylic acid groups (broad SMARTS) is 1. The van der Waals surface area contributed by atoms with Crippen molar-refractivity contribution in [3.05, 3.63) is 69.0 Å². The predicted molar refractivity (Wildman–Crippen MR) is 121 cm³/mol. The van der Waals surface area contributed by atoms with Crippen molar-refractivity contribution in [1.29, 1.82) is 0 Å². The molecule has 6 nitrogen and oxygen atoms in total. The topological polar surface area (TPSA) is 86.7 Å². The van der Waals surface area contributed by atoms with Crippen molar-refractivity contribution < 1.29 is 19.5 Å². The Labute approximate surface area is 185 Å². The Kier molecular flexibility index (Phi) is 6.83. The summed E-state index contributed by atoms with van der Waals surface area (Å²) in [6.45, 7) is 0.166. The molecule has 3 rings (SSSR count). The van der Waals surface area contributed by atoms with Gasteiger partial charge >= 0.3 is 5.97 Å². The summed E-state index contributed by atoms with van der Waals surface area (Å²) in [6, 6.07) is 13.4. The van der Waals surface area contributed by atoms with Crippen LogP contribution in [0.25, 0.3) is 6.08 Å². The van der Waals surface area contributed by atoms with Crippen LogP contribution in [-0.2, 0) is 9.59 Å². The molecule has 1 fully saturated rings. The zero-order chi connectivity index (χ0) is 21.0. The maximum Gasteiger partial charge on any atom is 0.335 e. The summed E-state index contributed by atoms with van der Waals surface area (Å²) < 4.78 is 1.32. The highest BCUT2D eigenvalue weighted by Gasteiger charge is 2.32. The third-order valence-electron chi connectivity index (χ3n) is 4.00. The van der Waals surface area contributed by atoms with Crippen LogP contribution < -0.4 is 5.32 Å². The minimum atomic E-state index is -1.03. The molecule has 0 unspecified atom stereocenters. The minimum Gasteiger partial charge on any atom is -0.478 e. The van der Waals surface area contributed by atoms with Crippen LogP contribution >= 0.6 is 39.9 Å². The molecule has 1 aliphatic heterocycles. The molecule has 9 heteroatoms. The van der Waals surface area contributed by atoms with Gasteiger partial charge in [0.05, 0.1) is 10.5 Å². The van der Waals surface area contributed by atoms with Crippen LogP contribution in [0, 0.1) is 0 Å². The van der Waals surface area contributed by atoms with Gasteiger partial charge in [0.1, 0.15) is 4.32 Å². The quantitative estimate of drug-likeness (QED) is 0.461. The molecule has 2 N–H and O–H groups in total. The van der Waals surface area contributed by atoms with Crippen molar-refractivity contribution >= 4 is 73.8 Å². The summed E-state index contributed by atoms with van der Waals surface area (Å²) in [5.41, 5.74) is 1.50. The molecular weight excluding hydrogens is 476 g/mol.